The second-order valence-electron chi connectivity index (χ2n) is 6.66. The van der Waals surface area contributed by atoms with Crippen molar-refractivity contribution in [2.75, 3.05) is 20.6 Å². The lowest BCUT2D eigenvalue weighted by Gasteiger charge is -2.45. The monoisotopic (exact) mass is 356 g/mol. The second kappa shape index (κ2) is 7.21. The van der Waals surface area contributed by atoms with Gasteiger partial charge < -0.3 is 10.2 Å². The topological polar surface area (TPSA) is 15.3 Å². The predicted octanol–water partition coefficient (Wildman–Crippen LogP) is 4.19. The highest BCUT2D eigenvalue weighted by molar-refractivity contribution is 9.10. The highest BCUT2D eigenvalue weighted by Crippen LogP contribution is 2.35. The molecule has 0 radical (unpaired) electrons. The molecule has 0 amide bonds. The van der Waals surface area contributed by atoms with Crippen LogP contribution in [0.1, 0.15) is 38.2 Å². The van der Waals surface area contributed by atoms with E-state index in [1.54, 1.807) is 0 Å². The Kier molecular flexibility index (Phi) is 5.81. The van der Waals surface area contributed by atoms with Gasteiger partial charge in [-0.2, -0.15) is 0 Å². The molecule has 1 aliphatic carbocycles. The van der Waals surface area contributed by atoms with Gasteiger partial charge in [0.05, 0.1) is 0 Å². The normalized spacial score (nSPS) is 26.3. The van der Waals surface area contributed by atoms with Crippen LogP contribution in [0.3, 0.4) is 0 Å². The second-order valence-corrected chi connectivity index (χ2v) is 7.58. The average Bonchev–Trinajstić information content (AvgIpc) is 2.41. The first-order chi connectivity index (χ1) is 9.93. The largest absolute Gasteiger partial charge is 0.311 e. The molecule has 0 aromatic heterocycles. The van der Waals surface area contributed by atoms with Crippen LogP contribution < -0.4 is 5.32 Å². The molecule has 1 fully saturated rings. The van der Waals surface area contributed by atoms with E-state index in [1.807, 2.05) is 12.1 Å². The Hall–Kier alpha value is -0.450. The summed E-state index contributed by atoms with van der Waals surface area (Å²) in [5.41, 5.74) is 0.944. The van der Waals surface area contributed by atoms with Crippen LogP contribution in [0.15, 0.2) is 22.7 Å². The number of benzene rings is 1. The number of rotatable bonds is 5. The van der Waals surface area contributed by atoms with Crippen molar-refractivity contribution in [3.8, 4) is 0 Å². The van der Waals surface area contributed by atoms with Crippen molar-refractivity contribution in [2.45, 2.75) is 44.7 Å². The Morgan fingerprint density at radius 1 is 1.43 bits per heavy atom. The van der Waals surface area contributed by atoms with Crippen LogP contribution in [-0.4, -0.2) is 31.1 Å². The minimum atomic E-state index is -0.146. The van der Waals surface area contributed by atoms with Crippen LogP contribution in [-0.2, 0) is 6.54 Å². The van der Waals surface area contributed by atoms with E-state index in [0.29, 0.717) is 6.54 Å². The van der Waals surface area contributed by atoms with Crippen LogP contribution >= 0.6 is 15.9 Å². The van der Waals surface area contributed by atoms with Gasteiger partial charge in [0.25, 0.3) is 0 Å². The highest BCUT2D eigenvalue weighted by Gasteiger charge is 2.36. The fourth-order valence-electron chi connectivity index (χ4n) is 3.45. The van der Waals surface area contributed by atoms with Crippen molar-refractivity contribution in [1.29, 1.82) is 0 Å². The molecule has 1 N–H and O–H groups in total. The molecule has 0 heterocycles. The molecule has 0 saturated heterocycles. The lowest BCUT2D eigenvalue weighted by molar-refractivity contribution is 0.0749. The standard InChI is InChI=1S/C17H26BrFN2/c1-13-5-4-8-17(10-13,21(2)3)12-20-11-14-6-7-15(18)9-16(14)19/h6-7,9,13,20H,4-5,8,10-12H2,1-3H3. The van der Waals surface area contributed by atoms with Crippen molar-refractivity contribution >= 4 is 15.9 Å². The quantitative estimate of drug-likeness (QED) is 0.850. The summed E-state index contributed by atoms with van der Waals surface area (Å²) in [5.74, 6) is 0.625. The number of halogens is 2. The third kappa shape index (κ3) is 4.27. The fourth-order valence-corrected chi connectivity index (χ4v) is 3.79. The van der Waals surface area contributed by atoms with Gasteiger partial charge in [0.1, 0.15) is 5.82 Å². The van der Waals surface area contributed by atoms with Gasteiger partial charge in [0.2, 0.25) is 0 Å². The van der Waals surface area contributed by atoms with Crippen LogP contribution in [0.4, 0.5) is 4.39 Å². The molecule has 1 aromatic carbocycles. The summed E-state index contributed by atoms with van der Waals surface area (Å²) >= 11 is 3.29. The van der Waals surface area contributed by atoms with E-state index in [9.17, 15) is 4.39 Å². The SMILES string of the molecule is CC1CCCC(CNCc2ccc(Br)cc2F)(N(C)C)C1. The van der Waals surface area contributed by atoms with E-state index in [-0.39, 0.29) is 11.4 Å². The number of nitrogens with zero attached hydrogens (tertiary/aromatic N) is 1. The van der Waals surface area contributed by atoms with Gasteiger partial charge in [-0.05, 0) is 45.0 Å². The molecule has 4 heteroatoms. The summed E-state index contributed by atoms with van der Waals surface area (Å²) in [5, 5.41) is 3.48. The van der Waals surface area contributed by atoms with Crippen molar-refractivity contribution in [3.63, 3.8) is 0 Å². The predicted molar refractivity (Wildman–Crippen MR) is 89.9 cm³/mol. The number of likely N-dealkylation sites (N-methyl/N-ethyl adjacent to an activating group) is 1. The van der Waals surface area contributed by atoms with Crippen molar-refractivity contribution in [1.82, 2.24) is 10.2 Å². The van der Waals surface area contributed by atoms with Gasteiger partial charge in [0.15, 0.2) is 0 Å². The zero-order valence-electron chi connectivity index (χ0n) is 13.3. The van der Waals surface area contributed by atoms with E-state index in [4.69, 9.17) is 0 Å². The molecule has 118 valence electrons. The van der Waals surface area contributed by atoms with Crippen molar-refractivity contribution in [3.05, 3.63) is 34.1 Å². The van der Waals surface area contributed by atoms with E-state index in [0.717, 1.165) is 22.5 Å². The van der Waals surface area contributed by atoms with Gasteiger partial charge >= 0.3 is 0 Å². The van der Waals surface area contributed by atoms with Crippen LogP contribution in [0.2, 0.25) is 0 Å². The Morgan fingerprint density at radius 3 is 2.81 bits per heavy atom. The van der Waals surface area contributed by atoms with Gasteiger partial charge in [0, 0.05) is 28.7 Å². The fraction of sp³-hybridized carbons (Fsp3) is 0.647. The molecule has 1 saturated carbocycles. The summed E-state index contributed by atoms with van der Waals surface area (Å²) in [7, 11) is 4.33. The first kappa shape index (κ1) is 16.9. The number of hydrogen-bond acceptors (Lipinski definition) is 2. The van der Waals surface area contributed by atoms with Crippen LogP contribution in [0, 0.1) is 11.7 Å². The van der Waals surface area contributed by atoms with E-state index >= 15 is 0 Å². The Bertz CT molecular complexity index is 478. The lowest BCUT2D eigenvalue weighted by Crippen LogP contribution is -2.54. The summed E-state index contributed by atoms with van der Waals surface area (Å²) in [6, 6.07) is 5.27. The zero-order valence-corrected chi connectivity index (χ0v) is 14.8. The molecule has 2 unspecified atom stereocenters. The molecule has 1 aromatic rings. The maximum absolute atomic E-state index is 13.9. The first-order valence-electron chi connectivity index (χ1n) is 7.75. The van der Waals surface area contributed by atoms with Gasteiger partial charge in [-0.15, -0.1) is 0 Å². The smallest absolute Gasteiger partial charge is 0.128 e. The van der Waals surface area contributed by atoms with E-state index < -0.39 is 0 Å². The maximum Gasteiger partial charge on any atom is 0.128 e. The number of nitrogens with one attached hydrogen (secondary N) is 1. The zero-order chi connectivity index (χ0) is 15.5. The average molecular weight is 357 g/mol. The molecular formula is C17H26BrFN2. The summed E-state index contributed by atoms with van der Waals surface area (Å²) in [6.07, 6.45) is 5.06. The Balaban J connectivity index is 1.96. The van der Waals surface area contributed by atoms with Gasteiger partial charge in [-0.25, -0.2) is 4.39 Å². The van der Waals surface area contributed by atoms with Crippen LogP contribution in [0.25, 0.3) is 0 Å². The maximum atomic E-state index is 13.9. The van der Waals surface area contributed by atoms with E-state index in [1.165, 1.54) is 31.7 Å². The number of hydrogen-bond donors (Lipinski definition) is 1. The molecule has 0 spiro atoms. The van der Waals surface area contributed by atoms with E-state index in [2.05, 4.69) is 47.2 Å². The molecular weight excluding hydrogens is 331 g/mol. The Morgan fingerprint density at radius 2 is 2.19 bits per heavy atom. The van der Waals surface area contributed by atoms with Gasteiger partial charge in [-0.1, -0.05) is 41.8 Å². The third-order valence-electron chi connectivity index (χ3n) is 4.80. The lowest BCUT2D eigenvalue weighted by atomic mass is 9.75. The van der Waals surface area contributed by atoms with Crippen molar-refractivity contribution < 1.29 is 4.39 Å². The minimum Gasteiger partial charge on any atom is -0.311 e. The van der Waals surface area contributed by atoms with Crippen LogP contribution in [0.5, 0.6) is 0 Å². The molecule has 21 heavy (non-hydrogen) atoms. The summed E-state index contributed by atoms with van der Waals surface area (Å²) < 4.78 is 14.6. The van der Waals surface area contributed by atoms with Crippen molar-refractivity contribution in [2.24, 2.45) is 5.92 Å². The summed E-state index contributed by atoms with van der Waals surface area (Å²) in [4.78, 5) is 2.35. The molecule has 2 nitrogen and oxygen atoms in total. The first-order valence-corrected chi connectivity index (χ1v) is 8.54. The molecule has 0 aliphatic heterocycles. The summed E-state index contributed by atoms with van der Waals surface area (Å²) in [6.45, 7) is 3.84. The van der Waals surface area contributed by atoms with Gasteiger partial charge in [-0.3, -0.25) is 0 Å². The molecule has 0 bridgehead atoms. The molecule has 1 aliphatic rings. The molecule has 2 rings (SSSR count). The molecule has 2 atom stereocenters. The minimum absolute atomic E-state index is 0.146. The third-order valence-corrected chi connectivity index (χ3v) is 5.29. The highest BCUT2D eigenvalue weighted by atomic mass is 79.9. The Labute approximate surface area is 136 Å².